The molecule has 0 amide bonds. The number of ether oxygens (including phenoxy) is 2. The molecule has 3 aromatic rings. The summed E-state index contributed by atoms with van der Waals surface area (Å²) in [6.45, 7) is 6.50. The van der Waals surface area contributed by atoms with E-state index in [1.807, 2.05) is 19.1 Å². The maximum atomic E-state index is 12.5. The molecule has 2 aromatic heterocycles. The van der Waals surface area contributed by atoms with Gasteiger partial charge in [0.2, 0.25) is 0 Å². The third-order valence-electron chi connectivity index (χ3n) is 5.15. The molecule has 4 rings (SSSR count). The van der Waals surface area contributed by atoms with E-state index in [1.54, 1.807) is 20.3 Å². The van der Waals surface area contributed by atoms with Crippen LogP contribution in [0.15, 0.2) is 29.1 Å². The van der Waals surface area contributed by atoms with Crippen molar-refractivity contribution < 1.29 is 9.47 Å². The standard InChI is InChI=1S/C20H24N4O3/c1-12-5-13(2)24(22-12)16-10-23(11-16)9-15-6-14-7-18(26-3)19(27-4)8-17(14)21-20(15)25/h5-8,16H,9-11H2,1-4H3,(H,21,25). The van der Waals surface area contributed by atoms with Crippen molar-refractivity contribution in [2.75, 3.05) is 27.3 Å². The number of H-pyrrole nitrogens is 1. The van der Waals surface area contributed by atoms with Crippen molar-refractivity contribution in [3.05, 3.63) is 51.6 Å². The van der Waals surface area contributed by atoms with Crippen LogP contribution in [-0.2, 0) is 6.54 Å². The van der Waals surface area contributed by atoms with Crippen LogP contribution in [0.3, 0.4) is 0 Å². The predicted octanol–water partition coefficient (Wildman–Crippen LogP) is 2.42. The zero-order valence-electron chi connectivity index (χ0n) is 16.1. The third kappa shape index (κ3) is 3.19. The van der Waals surface area contributed by atoms with Gasteiger partial charge in [0.15, 0.2) is 11.5 Å². The van der Waals surface area contributed by atoms with E-state index in [-0.39, 0.29) is 5.56 Å². The average Bonchev–Trinajstić information content (AvgIpc) is 2.94. The SMILES string of the molecule is COc1cc2cc(CN3CC(n4nc(C)cc4C)C3)c(=O)[nH]c2cc1OC. The summed E-state index contributed by atoms with van der Waals surface area (Å²) in [5, 5.41) is 5.49. The number of rotatable bonds is 5. The summed E-state index contributed by atoms with van der Waals surface area (Å²) in [7, 11) is 3.19. The van der Waals surface area contributed by atoms with Crippen molar-refractivity contribution >= 4 is 10.9 Å². The van der Waals surface area contributed by atoms with Crippen LogP contribution in [-0.4, -0.2) is 47.0 Å². The fraction of sp³-hybridized carbons (Fsp3) is 0.400. The first kappa shape index (κ1) is 17.6. The molecule has 1 fully saturated rings. The Balaban J connectivity index is 1.53. The Morgan fingerprint density at radius 1 is 1.11 bits per heavy atom. The average molecular weight is 368 g/mol. The largest absolute Gasteiger partial charge is 0.493 e. The van der Waals surface area contributed by atoms with E-state index in [2.05, 4.69) is 32.7 Å². The second-order valence-electron chi connectivity index (χ2n) is 7.14. The Bertz CT molecular complexity index is 1050. The van der Waals surface area contributed by atoms with E-state index < -0.39 is 0 Å². The highest BCUT2D eigenvalue weighted by molar-refractivity contribution is 5.83. The summed E-state index contributed by atoms with van der Waals surface area (Å²) < 4.78 is 12.8. The highest BCUT2D eigenvalue weighted by Crippen LogP contribution is 2.31. The molecule has 0 unspecified atom stereocenters. The zero-order valence-corrected chi connectivity index (χ0v) is 16.1. The first-order chi connectivity index (χ1) is 13.0. The van der Waals surface area contributed by atoms with Gasteiger partial charge in [0.05, 0.1) is 31.5 Å². The van der Waals surface area contributed by atoms with Crippen LogP contribution < -0.4 is 15.0 Å². The van der Waals surface area contributed by atoms with E-state index >= 15 is 0 Å². The Hall–Kier alpha value is -2.80. The van der Waals surface area contributed by atoms with E-state index in [9.17, 15) is 4.79 Å². The second-order valence-corrected chi connectivity index (χ2v) is 7.14. The molecule has 0 aliphatic carbocycles. The molecule has 1 aromatic carbocycles. The van der Waals surface area contributed by atoms with Crippen molar-refractivity contribution in [2.24, 2.45) is 0 Å². The van der Waals surface area contributed by atoms with Gasteiger partial charge in [-0.3, -0.25) is 14.4 Å². The number of aryl methyl sites for hydroxylation is 2. The van der Waals surface area contributed by atoms with E-state index in [0.717, 1.165) is 35.2 Å². The van der Waals surface area contributed by atoms with Crippen molar-refractivity contribution in [3.8, 4) is 11.5 Å². The number of fused-ring (bicyclic) bond motifs is 1. The fourth-order valence-electron chi connectivity index (χ4n) is 3.78. The van der Waals surface area contributed by atoms with Gasteiger partial charge in [-0.25, -0.2) is 0 Å². The lowest BCUT2D eigenvalue weighted by Gasteiger charge is -2.39. The quantitative estimate of drug-likeness (QED) is 0.749. The minimum absolute atomic E-state index is 0.0655. The summed E-state index contributed by atoms with van der Waals surface area (Å²) in [6.07, 6.45) is 0. The van der Waals surface area contributed by atoms with Crippen LogP contribution in [0.25, 0.3) is 10.9 Å². The number of nitrogens with one attached hydrogen (secondary N) is 1. The zero-order chi connectivity index (χ0) is 19.1. The monoisotopic (exact) mass is 368 g/mol. The van der Waals surface area contributed by atoms with E-state index in [0.29, 0.717) is 24.1 Å². The Morgan fingerprint density at radius 2 is 1.81 bits per heavy atom. The van der Waals surface area contributed by atoms with Gasteiger partial charge in [-0.1, -0.05) is 0 Å². The molecule has 0 atom stereocenters. The number of nitrogens with zero attached hydrogens (tertiary/aromatic N) is 3. The Kier molecular flexibility index (Phi) is 4.39. The van der Waals surface area contributed by atoms with Gasteiger partial charge in [-0.2, -0.15) is 5.10 Å². The minimum atomic E-state index is -0.0655. The molecule has 0 saturated carbocycles. The Morgan fingerprint density at radius 3 is 2.44 bits per heavy atom. The van der Waals surface area contributed by atoms with Gasteiger partial charge in [-0.05, 0) is 32.0 Å². The van der Waals surface area contributed by atoms with Crippen LogP contribution in [0, 0.1) is 13.8 Å². The molecular formula is C20H24N4O3. The van der Waals surface area contributed by atoms with Gasteiger partial charge < -0.3 is 14.5 Å². The van der Waals surface area contributed by atoms with Crippen molar-refractivity contribution in [1.29, 1.82) is 0 Å². The minimum Gasteiger partial charge on any atom is -0.493 e. The number of hydrogen-bond donors (Lipinski definition) is 1. The predicted molar refractivity (Wildman–Crippen MR) is 104 cm³/mol. The number of methoxy groups -OCH3 is 2. The lowest BCUT2D eigenvalue weighted by Crippen LogP contribution is -2.48. The number of aromatic amines is 1. The topological polar surface area (TPSA) is 72.4 Å². The number of pyridine rings is 1. The van der Waals surface area contributed by atoms with Crippen LogP contribution in [0.2, 0.25) is 0 Å². The van der Waals surface area contributed by atoms with E-state index in [4.69, 9.17) is 9.47 Å². The molecule has 1 aliphatic heterocycles. The van der Waals surface area contributed by atoms with Gasteiger partial charge in [0.25, 0.3) is 5.56 Å². The van der Waals surface area contributed by atoms with Gasteiger partial charge in [0, 0.05) is 42.3 Å². The smallest absolute Gasteiger partial charge is 0.252 e. The van der Waals surface area contributed by atoms with Gasteiger partial charge in [0.1, 0.15) is 0 Å². The van der Waals surface area contributed by atoms with Gasteiger partial charge in [-0.15, -0.1) is 0 Å². The highest BCUT2D eigenvalue weighted by Gasteiger charge is 2.30. The number of benzene rings is 1. The lowest BCUT2D eigenvalue weighted by atomic mass is 10.1. The molecule has 0 bridgehead atoms. The maximum Gasteiger partial charge on any atom is 0.252 e. The number of aromatic nitrogens is 3. The van der Waals surface area contributed by atoms with Crippen molar-refractivity contribution in [1.82, 2.24) is 19.7 Å². The van der Waals surface area contributed by atoms with Crippen molar-refractivity contribution in [2.45, 2.75) is 26.4 Å². The molecule has 1 saturated heterocycles. The second kappa shape index (κ2) is 6.74. The normalized spacial score (nSPS) is 15.1. The molecule has 27 heavy (non-hydrogen) atoms. The number of hydrogen-bond acceptors (Lipinski definition) is 5. The number of likely N-dealkylation sites (tertiary alicyclic amines) is 1. The van der Waals surface area contributed by atoms with Crippen molar-refractivity contribution in [3.63, 3.8) is 0 Å². The molecule has 3 heterocycles. The van der Waals surface area contributed by atoms with Crippen LogP contribution in [0.4, 0.5) is 0 Å². The fourth-order valence-corrected chi connectivity index (χ4v) is 3.78. The highest BCUT2D eigenvalue weighted by atomic mass is 16.5. The molecule has 7 nitrogen and oxygen atoms in total. The summed E-state index contributed by atoms with van der Waals surface area (Å²) >= 11 is 0. The molecule has 7 heteroatoms. The first-order valence-electron chi connectivity index (χ1n) is 9.01. The van der Waals surface area contributed by atoms with E-state index in [1.165, 1.54) is 5.69 Å². The van der Waals surface area contributed by atoms with Crippen LogP contribution >= 0.6 is 0 Å². The molecular weight excluding hydrogens is 344 g/mol. The first-order valence-corrected chi connectivity index (χ1v) is 9.01. The molecule has 0 spiro atoms. The summed E-state index contributed by atoms with van der Waals surface area (Å²) in [5.74, 6) is 1.25. The molecule has 0 radical (unpaired) electrons. The summed E-state index contributed by atoms with van der Waals surface area (Å²) in [4.78, 5) is 17.7. The van der Waals surface area contributed by atoms with Crippen LogP contribution in [0.1, 0.15) is 23.0 Å². The van der Waals surface area contributed by atoms with Crippen LogP contribution in [0.5, 0.6) is 11.5 Å². The third-order valence-corrected chi connectivity index (χ3v) is 5.15. The molecule has 142 valence electrons. The molecule has 1 aliphatic rings. The maximum absolute atomic E-state index is 12.5. The lowest BCUT2D eigenvalue weighted by molar-refractivity contribution is 0.0890. The Labute approximate surface area is 157 Å². The van der Waals surface area contributed by atoms with Gasteiger partial charge >= 0.3 is 0 Å². The summed E-state index contributed by atoms with van der Waals surface area (Å²) in [6, 6.07) is 8.10. The summed E-state index contributed by atoms with van der Waals surface area (Å²) in [5.41, 5.74) is 3.65. The molecule has 1 N–H and O–H groups in total.